The van der Waals surface area contributed by atoms with Crippen molar-refractivity contribution in [2.75, 3.05) is 5.32 Å². The molecule has 1 atom stereocenters. The van der Waals surface area contributed by atoms with Gasteiger partial charge in [-0.05, 0) is 55.7 Å². The van der Waals surface area contributed by atoms with E-state index in [1.807, 2.05) is 45.0 Å². The molecule has 30 heavy (non-hydrogen) atoms. The van der Waals surface area contributed by atoms with Crippen molar-refractivity contribution in [1.82, 2.24) is 0 Å². The molecule has 0 aliphatic rings. The van der Waals surface area contributed by atoms with Crippen LogP contribution in [0.2, 0.25) is 5.02 Å². The lowest BCUT2D eigenvalue weighted by Crippen LogP contribution is -2.33. The predicted octanol–water partition coefficient (Wildman–Crippen LogP) is 5.98. The molecule has 3 aromatic carbocycles. The lowest BCUT2D eigenvalue weighted by Gasteiger charge is -2.20. The van der Waals surface area contributed by atoms with Crippen molar-refractivity contribution in [3.8, 4) is 5.75 Å². The van der Waals surface area contributed by atoms with Crippen molar-refractivity contribution < 1.29 is 14.3 Å². The summed E-state index contributed by atoms with van der Waals surface area (Å²) in [4.78, 5) is 25.9. The Morgan fingerprint density at radius 3 is 2.43 bits per heavy atom. The Morgan fingerprint density at radius 2 is 1.73 bits per heavy atom. The smallest absolute Gasteiger partial charge is 0.265 e. The molecule has 154 valence electrons. The number of aryl methyl sites for hydroxylation is 1. The van der Waals surface area contributed by atoms with Gasteiger partial charge in [0.1, 0.15) is 5.75 Å². The SMILES string of the molecule is CC[C@H](Oc1cccc(C)c1C)C(=O)Nc1ccc(Cl)cc1C(=O)c1ccccc1. The maximum atomic E-state index is 13.0. The van der Waals surface area contributed by atoms with E-state index >= 15 is 0 Å². The van der Waals surface area contributed by atoms with E-state index < -0.39 is 6.10 Å². The molecule has 0 heterocycles. The Morgan fingerprint density at radius 1 is 1.00 bits per heavy atom. The fraction of sp³-hybridized carbons (Fsp3) is 0.200. The zero-order valence-electron chi connectivity index (χ0n) is 17.2. The third-order valence-corrected chi connectivity index (χ3v) is 5.24. The van der Waals surface area contributed by atoms with Gasteiger partial charge in [-0.25, -0.2) is 0 Å². The van der Waals surface area contributed by atoms with Crippen LogP contribution < -0.4 is 10.1 Å². The van der Waals surface area contributed by atoms with Crippen molar-refractivity contribution in [2.45, 2.75) is 33.3 Å². The standard InChI is InChI=1S/C25H24ClNO3/c1-4-22(30-23-12-8-9-16(2)17(23)3)25(29)27-21-14-13-19(26)15-20(21)24(28)18-10-6-5-7-11-18/h5-15,22H,4H2,1-3H3,(H,27,29)/t22-/m0/s1. The van der Waals surface area contributed by atoms with Crippen molar-refractivity contribution in [3.05, 3.63) is 94.0 Å². The third-order valence-electron chi connectivity index (χ3n) is 5.01. The molecule has 3 rings (SSSR count). The molecular formula is C25H24ClNO3. The number of carbonyl (C=O) groups is 2. The lowest BCUT2D eigenvalue weighted by atomic mass is 10.0. The molecule has 0 spiro atoms. The molecule has 5 heteroatoms. The summed E-state index contributed by atoms with van der Waals surface area (Å²) in [5.41, 5.74) is 3.35. The maximum Gasteiger partial charge on any atom is 0.265 e. The first-order valence-corrected chi connectivity index (χ1v) is 10.2. The first-order valence-electron chi connectivity index (χ1n) is 9.83. The van der Waals surface area contributed by atoms with Crippen LogP contribution in [0, 0.1) is 13.8 Å². The molecule has 0 saturated carbocycles. The van der Waals surface area contributed by atoms with Gasteiger partial charge in [0.15, 0.2) is 11.9 Å². The lowest BCUT2D eigenvalue weighted by molar-refractivity contribution is -0.122. The van der Waals surface area contributed by atoms with Gasteiger partial charge in [0.05, 0.1) is 5.69 Å². The van der Waals surface area contributed by atoms with Crippen molar-refractivity contribution in [2.24, 2.45) is 0 Å². The number of amides is 1. The highest BCUT2D eigenvalue weighted by Crippen LogP contribution is 2.26. The molecule has 0 aliphatic heterocycles. The monoisotopic (exact) mass is 421 g/mol. The number of halogens is 1. The molecule has 1 amide bonds. The number of carbonyl (C=O) groups excluding carboxylic acids is 2. The van der Waals surface area contributed by atoms with Gasteiger partial charge in [0.2, 0.25) is 0 Å². The second-order valence-corrected chi connectivity index (χ2v) is 7.52. The summed E-state index contributed by atoms with van der Waals surface area (Å²) in [6, 6.07) is 19.5. The normalized spacial score (nSPS) is 11.6. The Bertz CT molecular complexity index is 1060. The Hall–Kier alpha value is -3.11. The molecule has 4 nitrogen and oxygen atoms in total. The molecule has 0 fully saturated rings. The van der Waals surface area contributed by atoms with Gasteiger partial charge in [0, 0.05) is 16.1 Å². The average Bonchev–Trinajstić information content (AvgIpc) is 2.76. The van der Waals surface area contributed by atoms with Gasteiger partial charge in [-0.2, -0.15) is 0 Å². The van der Waals surface area contributed by atoms with Gasteiger partial charge in [-0.3, -0.25) is 9.59 Å². The number of hydrogen-bond donors (Lipinski definition) is 1. The van der Waals surface area contributed by atoms with Crippen LogP contribution in [0.1, 0.15) is 40.4 Å². The zero-order valence-corrected chi connectivity index (χ0v) is 18.0. The summed E-state index contributed by atoms with van der Waals surface area (Å²) in [6.07, 6.45) is -0.213. The van der Waals surface area contributed by atoms with E-state index in [1.54, 1.807) is 42.5 Å². The fourth-order valence-electron chi connectivity index (χ4n) is 3.10. The Labute approximate surface area is 181 Å². The second kappa shape index (κ2) is 9.59. The van der Waals surface area contributed by atoms with Crippen LogP contribution in [0.3, 0.4) is 0 Å². The molecule has 0 saturated heterocycles. The van der Waals surface area contributed by atoms with Gasteiger partial charge >= 0.3 is 0 Å². The molecule has 0 bridgehead atoms. The summed E-state index contributed by atoms with van der Waals surface area (Å²) >= 11 is 6.12. The van der Waals surface area contributed by atoms with E-state index in [9.17, 15) is 9.59 Å². The van der Waals surface area contributed by atoms with Crippen molar-refractivity contribution in [1.29, 1.82) is 0 Å². The third kappa shape index (κ3) is 4.89. The summed E-state index contributed by atoms with van der Waals surface area (Å²) in [6.45, 7) is 5.84. The molecule has 3 aromatic rings. The molecule has 0 aromatic heterocycles. The number of hydrogen-bond acceptors (Lipinski definition) is 3. The van der Waals surface area contributed by atoms with Crippen LogP contribution in [0.4, 0.5) is 5.69 Å². The number of rotatable bonds is 7. The average molecular weight is 422 g/mol. The highest BCUT2D eigenvalue weighted by molar-refractivity contribution is 6.31. The molecule has 0 radical (unpaired) electrons. The Kier molecular flexibility index (Phi) is 6.91. The number of anilines is 1. The second-order valence-electron chi connectivity index (χ2n) is 7.09. The van der Waals surface area contributed by atoms with Gasteiger partial charge in [-0.15, -0.1) is 0 Å². The largest absolute Gasteiger partial charge is 0.480 e. The van der Waals surface area contributed by atoms with Gasteiger partial charge in [0.25, 0.3) is 5.91 Å². The number of benzene rings is 3. The first kappa shape index (κ1) is 21.6. The molecule has 0 aliphatic carbocycles. The van der Waals surface area contributed by atoms with Gasteiger partial charge in [-0.1, -0.05) is 61.0 Å². The highest BCUT2D eigenvalue weighted by atomic mass is 35.5. The number of ketones is 1. The van der Waals surface area contributed by atoms with Crippen LogP contribution in [0.25, 0.3) is 0 Å². The van der Waals surface area contributed by atoms with E-state index in [-0.39, 0.29) is 11.7 Å². The minimum atomic E-state index is -0.694. The molecule has 0 unspecified atom stereocenters. The fourth-order valence-corrected chi connectivity index (χ4v) is 3.27. The quantitative estimate of drug-likeness (QED) is 0.477. The van der Waals surface area contributed by atoms with E-state index in [4.69, 9.17) is 16.3 Å². The summed E-state index contributed by atoms with van der Waals surface area (Å²) in [5.74, 6) is 0.147. The van der Waals surface area contributed by atoms with Crippen LogP contribution in [-0.2, 0) is 4.79 Å². The van der Waals surface area contributed by atoms with Crippen molar-refractivity contribution in [3.63, 3.8) is 0 Å². The maximum absolute atomic E-state index is 13.0. The minimum absolute atomic E-state index is 0.211. The van der Waals surface area contributed by atoms with Crippen LogP contribution in [0.15, 0.2) is 66.7 Å². The number of nitrogens with one attached hydrogen (secondary N) is 1. The van der Waals surface area contributed by atoms with E-state index in [1.165, 1.54) is 0 Å². The highest BCUT2D eigenvalue weighted by Gasteiger charge is 2.22. The van der Waals surface area contributed by atoms with Crippen LogP contribution in [-0.4, -0.2) is 17.8 Å². The molecular weight excluding hydrogens is 398 g/mol. The van der Waals surface area contributed by atoms with E-state index in [0.717, 1.165) is 11.1 Å². The van der Waals surface area contributed by atoms with Crippen LogP contribution in [0.5, 0.6) is 5.75 Å². The topological polar surface area (TPSA) is 55.4 Å². The predicted molar refractivity (Wildman–Crippen MR) is 121 cm³/mol. The minimum Gasteiger partial charge on any atom is -0.480 e. The molecule has 1 N–H and O–H groups in total. The first-order chi connectivity index (χ1) is 14.4. The van der Waals surface area contributed by atoms with E-state index in [2.05, 4.69) is 5.32 Å². The Balaban J connectivity index is 1.85. The van der Waals surface area contributed by atoms with Crippen molar-refractivity contribution >= 4 is 29.0 Å². The summed E-state index contributed by atoms with van der Waals surface area (Å²) in [7, 11) is 0. The van der Waals surface area contributed by atoms with Gasteiger partial charge < -0.3 is 10.1 Å². The van der Waals surface area contributed by atoms with Crippen LogP contribution >= 0.6 is 11.6 Å². The summed E-state index contributed by atoms with van der Waals surface area (Å²) in [5, 5.41) is 3.27. The number of ether oxygens (including phenoxy) is 1. The zero-order chi connectivity index (χ0) is 21.7. The summed E-state index contributed by atoms with van der Waals surface area (Å²) < 4.78 is 5.99. The van der Waals surface area contributed by atoms with E-state index in [0.29, 0.717) is 34.0 Å².